The summed E-state index contributed by atoms with van der Waals surface area (Å²) in [5, 5.41) is 5.14. The van der Waals surface area contributed by atoms with E-state index in [0.29, 0.717) is 0 Å². The van der Waals surface area contributed by atoms with E-state index in [2.05, 4.69) is 224 Å². The van der Waals surface area contributed by atoms with Crippen molar-refractivity contribution in [2.75, 3.05) is 0 Å². The van der Waals surface area contributed by atoms with Gasteiger partial charge < -0.3 is 24.8 Å². The summed E-state index contributed by atoms with van der Waals surface area (Å²) in [4.78, 5) is 0. The van der Waals surface area contributed by atoms with Crippen LogP contribution in [-0.2, 0) is 39.0 Å². The molecule has 2 aliphatic rings. The Hall–Kier alpha value is -5.82. The first kappa shape index (κ1) is 47.7. The van der Waals surface area contributed by atoms with Crippen molar-refractivity contribution < 1.29 is 51.0 Å². The van der Waals surface area contributed by atoms with Crippen LogP contribution in [0.4, 0.5) is 0 Å². The van der Waals surface area contributed by atoms with E-state index in [4.69, 9.17) is 0 Å². The number of rotatable bonds is 4. The van der Waals surface area contributed by atoms with Crippen LogP contribution in [0.25, 0.3) is 88.3 Å². The van der Waals surface area contributed by atoms with E-state index in [1.165, 1.54) is 144 Å². The summed E-state index contributed by atoms with van der Waals surface area (Å²) < 4.78 is 0. The fraction of sp³-hybridized carbons (Fsp3) is 0.125. The van der Waals surface area contributed by atoms with Gasteiger partial charge in [-0.25, -0.2) is 0 Å². The minimum absolute atomic E-state index is 0. The maximum Gasteiger partial charge on any atom is 4.00 e. The molecule has 0 spiro atoms. The summed E-state index contributed by atoms with van der Waals surface area (Å²) in [6.07, 6.45) is 1.89. The summed E-state index contributed by atoms with van der Waals surface area (Å²) in [6, 6.07) is 70.0. The van der Waals surface area contributed by atoms with Crippen LogP contribution >= 0.6 is 0 Å². The molecule has 0 bridgehead atoms. The minimum atomic E-state index is 0. The van der Waals surface area contributed by atoms with Crippen molar-refractivity contribution in [1.82, 2.24) is 0 Å². The van der Waals surface area contributed by atoms with Gasteiger partial charge in [0.05, 0.1) is 0 Å². The zero-order valence-electron chi connectivity index (χ0n) is 38.8. The molecule has 3 heteroatoms. The largest absolute Gasteiger partial charge is 4.00 e. The Balaban J connectivity index is 0.000000174. The van der Waals surface area contributed by atoms with Crippen molar-refractivity contribution in [1.29, 1.82) is 0 Å². The second kappa shape index (κ2) is 19.4. The molecule has 10 aromatic rings. The zero-order chi connectivity index (χ0) is 43.6. The van der Waals surface area contributed by atoms with Crippen molar-refractivity contribution in [2.24, 2.45) is 0 Å². The molecule has 0 fully saturated rings. The van der Waals surface area contributed by atoms with Gasteiger partial charge in [0.2, 0.25) is 0 Å². The van der Waals surface area contributed by atoms with Crippen LogP contribution in [0.3, 0.4) is 0 Å². The molecule has 2 aliphatic carbocycles. The number of hydrogen-bond acceptors (Lipinski definition) is 0. The van der Waals surface area contributed by atoms with E-state index in [1.54, 1.807) is 0 Å². The maximum atomic E-state index is 3.78. The first-order valence-electron chi connectivity index (χ1n) is 22.7. The van der Waals surface area contributed by atoms with E-state index in [1.807, 2.05) is 0 Å². The zero-order valence-corrected chi connectivity index (χ0v) is 42.8. The average Bonchev–Trinajstić information content (AvgIpc) is 3.85. The monoisotopic (exact) mass is 978 g/mol. The van der Waals surface area contributed by atoms with Gasteiger partial charge in [-0.2, -0.15) is 0 Å². The van der Waals surface area contributed by atoms with Crippen molar-refractivity contribution in [3.8, 4) is 66.8 Å². The van der Waals surface area contributed by atoms with Crippen LogP contribution in [-0.4, -0.2) is 0 Å². The number of benzene rings is 10. The van der Waals surface area contributed by atoms with Crippen LogP contribution in [0.15, 0.2) is 170 Å². The Bertz CT molecular complexity index is 3230. The fourth-order valence-electron chi connectivity index (χ4n) is 11.1. The predicted octanol–water partition coefficient (Wildman–Crippen LogP) is 10.9. The van der Waals surface area contributed by atoms with Crippen molar-refractivity contribution in [3.63, 3.8) is 0 Å². The van der Waals surface area contributed by atoms with Crippen LogP contribution in [0.2, 0.25) is 0 Å². The van der Waals surface area contributed by atoms with Crippen molar-refractivity contribution in [3.05, 3.63) is 238 Å². The van der Waals surface area contributed by atoms with Gasteiger partial charge in [-0.05, 0) is 115 Å². The third-order valence-corrected chi connectivity index (χ3v) is 13.7. The molecule has 324 valence electrons. The van der Waals surface area contributed by atoms with Gasteiger partial charge in [-0.15, -0.1) is 58.7 Å². The minimum Gasteiger partial charge on any atom is -1.00 e. The summed E-state index contributed by atoms with van der Waals surface area (Å²) in [7, 11) is 0. The summed E-state index contributed by atoms with van der Waals surface area (Å²) >= 11 is 0. The molecule has 12 rings (SSSR count). The van der Waals surface area contributed by atoms with Gasteiger partial charge in [0, 0.05) is 0 Å². The van der Waals surface area contributed by atoms with E-state index < -0.39 is 0 Å². The molecule has 0 nitrogen and oxygen atoms in total. The molecule has 0 amide bonds. The standard InChI is InChI=1S/C33H21.C31H29.2ClH.Zr/c1-3-11-28-22(7-1)9-5-13-30(28)24-15-17-32-26(19-24)21-27-20-25(16-18-33(27)32)31-14-6-10-23-8-2-4-12-29(23)31;1-18-11-20(3)30(21(4)12-18)24-7-9-28-26(15-24)17-27-16-25(8-10-29(27)28)31-22(5)13-19(2)14-23(31)6;;;/h1-19H,21H2;7-15H,17H2,1-6H3;2*1H;/q2*-1;;;+4/p-2. The number of aryl methyl sites for hydroxylation is 6. The molecular formula is C64H50Cl2Zr. The van der Waals surface area contributed by atoms with Gasteiger partial charge in [0.25, 0.3) is 0 Å². The Morgan fingerprint density at radius 1 is 0.343 bits per heavy atom. The molecule has 0 heterocycles. The van der Waals surface area contributed by atoms with Gasteiger partial charge in [0.15, 0.2) is 0 Å². The second-order valence-electron chi connectivity index (χ2n) is 18.2. The van der Waals surface area contributed by atoms with Crippen LogP contribution < -0.4 is 24.8 Å². The molecule has 0 atom stereocenters. The first-order valence-corrected chi connectivity index (χ1v) is 22.7. The van der Waals surface area contributed by atoms with Crippen molar-refractivity contribution >= 4 is 21.5 Å². The Morgan fingerprint density at radius 2 is 0.761 bits per heavy atom. The van der Waals surface area contributed by atoms with Gasteiger partial charge in [-0.3, -0.25) is 0 Å². The van der Waals surface area contributed by atoms with Gasteiger partial charge >= 0.3 is 26.2 Å². The van der Waals surface area contributed by atoms with E-state index in [0.717, 1.165) is 12.8 Å². The molecule has 0 aliphatic heterocycles. The van der Waals surface area contributed by atoms with Crippen LogP contribution in [0.5, 0.6) is 0 Å². The molecule has 0 radical (unpaired) electrons. The molecular weight excluding hydrogens is 931 g/mol. The van der Waals surface area contributed by atoms with Gasteiger partial charge in [-0.1, -0.05) is 207 Å². The third kappa shape index (κ3) is 8.80. The summed E-state index contributed by atoms with van der Waals surface area (Å²) in [6.45, 7) is 13.2. The molecule has 0 aromatic heterocycles. The van der Waals surface area contributed by atoms with Crippen molar-refractivity contribution in [2.45, 2.75) is 54.4 Å². The number of hydrogen-bond donors (Lipinski definition) is 0. The molecule has 0 unspecified atom stereocenters. The van der Waals surface area contributed by atoms with Crippen LogP contribution in [0, 0.1) is 53.7 Å². The van der Waals surface area contributed by atoms with E-state index in [9.17, 15) is 0 Å². The number of fused-ring (bicyclic) bond motifs is 8. The van der Waals surface area contributed by atoms with E-state index >= 15 is 0 Å². The topological polar surface area (TPSA) is 0 Å². The molecule has 0 saturated carbocycles. The quantitative estimate of drug-likeness (QED) is 0.154. The molecule has 10 aromatic carbocycles. The fourth-order valence-corrected chi connectivity index (χ4v) is 11.1. The third-order valence-electron chi connectivity index (χ3n) is 13.7. The predicted molar refractivity (Wildman–Crippen MR) is 272 cm³/mol. The summed E-state index contributed by atoms with van der Waals surface area (Å²) in [5.41, 5.74) is 29.1. The first-order chi connectivity index (χ1) is 31.2. The SMILES string of the molecule is Cc1cc(C)c(-c2[c-]c3c(cc2)-c2ccc(-c4c(C)cc(C)cc4C)cc2C3)c(C)c1.[Cl-].[Cl-].[Zr+4].[c-]1c(-c2cccc3ccccc23)ccc2c1Cc1cc(-c3cccc4ccccc34)ccc1-2. The normalized spacial score (nSPS) is 11.6. The van der Waals surface area contributed by atoms with E-state index in [-0.39, 0.29) is 51.0 Å². The number of halogens is 2. The molecule has 67 heavy (non-hydrogen) atoms. The van der Waals surface area contributed by atoms with Crippen LogP contribution in [0.1, 0.15) is 55.6 Å². The Kier molecular flexibility index (Phi) is 13.8. The van der Waals surface area contributed by atoms with Gasteiger partial charge in [0.1, 0.15) is 0 Å². The Labute approximate surface area is 428 Å². The molecule has 0 N–H and O–H groups in total. The average molecular weight is 981 g/mol. The Morgan fingerprint density at radius 3 is 1.33 bits per heavy atom. The smallest absolute Gasteiger partial charge is 1.00 e. The summed E-state index contributed by atoms with van der Waals surface area (Å²) in [5.74, 6) is 0. The second-order valence-corrected chi connectivity index (χ2v) is 18.2. The molecule has 0 saturated heterocycles. The maximum absolute atomic E-state index is 3.78.